The fourth-order valence-corrected chi connectivity index (χ4v) is 4.32. The number of nitrogens with one attached hydrogen (secondary N) is 1. The minimum Gasteiger partial charge on any atom is -0.508 e. The van der Waals surface area contributed by atoms with Gasteiger partial charge in [-0.05, 0) is 31.0 Å². The van der Waals surface area contributed by atoms with Gasteiger partial charge in [0, 0.05) is 18.2 Å². The van der Waals surface area contributed by atoms with Crippen LogP contribution in [0.15, 0.2) is 18.2 Å². The molecule has 1 aliphatic heterocycles. The molecule has 0 aromatic heterocycles. The zero-order valence-electron chi connectivity index (χ0n) is 10.1. The van der Waals surface area contributed by atoms with E-state index < -0.39 is 21.2 Å². The van der Waals surface area contributed by atoms with Gasteiger partial charge in [0.05, 0.1) is 11.5 Å². The number of hydrogen-bond acceptors (Lipinski definition) is 4. The average Bonchev–Trinajstić information content (AvgIpc) is 2.50. The number of hydrogen-bond donors (Lipinski definition) is 2. The Kier molecular flexibility index (Phi) is 3.33. The minimum atomic E-state index is -2.96. The van der Waals surface area contributed by atoms with E-state index >= 15 is 0 Å². The third kappa shape index (κ3) is 3.20. The number of phenols is 1. The van der Waals surface area contributed by atoms with Gasteiger partial charge in [-0.3, -0.25) is 0 Å². The van der Waals surface area contributed by atoms with Gasteiger partial charge in [0.25, 0.3) is 0 Å². The zero-order chi connectivity index (χ0) is 13.4. The van der Waals surface area contributed by atoms with Crippen molar-refractivity contribution in [2.75, 3.05) is 11.5 Å². The molecule has 0 bridgehead atoms. The van der Waals surface area contributed by atoms with Crippen molar-refractivity contribution in [3.8, 4) is 5.75 Å². The van der Waals surface area contributed by atoms with Crippen molar-refractivity contribution >= 4 is 9.84 Å². The van der Waals surface area contributed by atoms with Crippen LogP contribution in [-0.4, -0.2) is 30.6 Å². The standard InChI is InChI=1S/C12H16FNO3S/c1-12(2-3-18(16,17)8-12)14-7-9-4-10(13)6-11(15)5-9/h4-6,14-15H,2-3,7-8H2,1H3. The molecule has 6 heteroatoms. The summed E-state index contributed by atoms with van der Waals surface area (Å²) >= 11 is 0. The van der Waals surface area contributed by atoms with Crippen LogP contribution < -0.4 is 5.32 Å². The Balaban J connectivity index is 2.04. The maximum atomic E-state index is 13.1. The molecule has 0 radical (unpaired) electrons. The maximum absolute atomic E-state index is 13.1. The summed E-state index contributed by atoms with van der Waals surface area (Å²) in [5.74, 6) is -0.348. The molecule has 1 aliphatic rings. The van der Waals surface area contributed by atoms with E-state index in [-0.39, 0.29) is 17.3 Å². The van der Waals surface area contributed by atoms with Gasteiger partial charge in [0.15, 0.2) is 9.84 Å². The van der Waals surface area contributed by atoms with Gasteiger partial charge >= 0.3 is 0 Å². The Morgan fingerprint density at radius 3 is 2.72 bits per heavy atom. The number of halogens is 1. The smallest absolute Gasteiger partial charge is 0.152 e. The van der Waals surface area contributed by atoms with E-state index in [1.807, 2.05) is 6.92 Å². The molecule has 0 amide bonds. The molecule has 18 heavy (non-hydrogen) atoms. The lowest BCUT2D eigenvalue weighted by Crippen LogP contribution is -2.42. The maximum Gasteiger partial charge on any atom is 0.152 e. The molecule has 1 atom stereocenters. The number of sulfone groups is 1. The predicted octanol–water partition coefficient (Wildman–Crippen LogP) is 1.20. The summed E-state index contributed by atoms with van der Waals surface area (Å²) in [7, 11) is -2.96. The van der Waals surface area contributed by atoms with Crippen molar-refractivity contribution in [3.63, 3.8) is 0 Å². The second kappa shape index (κ2) is 4.51. The van der Waals surface area contributed by atoms with E-state index in [1.54, 1.807) is 0 Å². The highest BCUT2D eigenvalue weighted by molar-refractivity contribution is 7.91. The molecule has 1 unspecified atom stereocenters. The lowest BCUT2D eigenvalue weighted by Gasteiger charge is -2.24. The summed E-state index contributed by atoms with van der Waals surface area (Å²) in [6, 6.07) is 3.81. The summed E-state index contributed by atoms with van der Waals surface area (Å²) in [6.07, 6.45) is 0.552. The average molecular weight is 273 g/mol. The third-order valence-corrected chi connectivity index (χ3v) is 5.07. The first-order chi connectivity index (χ1) is 8.28. The number of benzene rings is 1. The molecule has 1 heterocycles. The van der Waals surface area contributed by atoms with Crippen LogP contribution in [0, 0.1) is 5.82 Å². The molecule has 1 aromatic carbocycles. The highest BCUT2D eigenvalue weighted by atomic mass is 32.2. The first kappa shape index (κ1) is 13.3. The van der Waals surface area contributed by atoms with Gasteiger partial charge in [-0.25, -0.2) is 12.8 Å². The minimum absolute atomic E-state index is 0.0985. The predicted molar refractivity (Wildman–Crippen MR) is 66.6 cm³/mol. The molecule has 0 aliphatic carbocycles. The van der Waals surface area contributed by atoms with E-state index in [1.165, 1.54) is 12.1 Å². The van der Waals surface area contributed by atoms with Crippen molar-refractivity contribution in [1.29, 1.82) is 0 Å². The summed E-state index contributed by atoms with van der Waals surface area (Å²) in [6.45, 7) is 2.17. The summed E-state index contributed by atoms with van der Waals surface area (Å²) in [5, 5.41) is 12.4. The highest BCUT2D eigenvalue weighted by Gasteiger charge is 2.37. The van der Waals surface area contributed by atoms with Gasteiger partial charge in [-0.15, -0.1) is 0 Å². The third-order valence-electron chi connectivity index (χ3n) is 3.16. The summed E-state index contributed by atoms with van der Waals surface area (Å²) in [4.78, 5) is 0. The van der Waals surface area contributed by atoms with Crippen LogP contribution in [0.25, 0.3) is 0 Å². The Labute approximate surface area is 106 Å². The van der Waals surface area contributed by atoms with Crippen LogP contribution >= 0.6 is 0 Å². The highest BCUT2D eigenvalue weighted by Crippen LogP contribution is 2.24. The first-order valence-electron chi connectivity index (χ1n) is 5.72. The van der Waals surface area contributed by atoms with Crippen LogP contribution in [-0.2, 0) is 16.4 Å². The van der Waals surface area contributed by atoms with Gasteiger partial charge in [0.1, 0.15) is 11.6 Å². The molecule has 2 N–H and O–H groups in total. The molecule has 4 nitrogen and oxygen atoms in total. The number of aromatic hydroxyl groups is 1. The second-order valence-corrected chi connectivity index (χ2v) is 7.26. The van der Waals surface area contributed by atoms with Crippen LogP contribution in [0.1, 0.15) is 18.9 Å². The van der Waals surface area contributed by atoms with E-state index in [9.17, 15) is 17.9 Å². The molecule has 0 spiro atoms. The summed E-state index contributed by atoms with van der Waals surface area (Å²) < 4.78 is 35.9. The fourth-order valence-electron chi connectivity index (χ4n) is 2.20. The van der Waals surface area contributed by atoms with E-state index in [0.717, 1.165) is 6.07 Å². The Morgan fingerprint density at radius 2 is 2.17 bits per heavy atom. The van der Waals surface area contributed by atoms with E-state index in [4.69, 9.17) is 0 Å². The van der Waals surface area contributed by atoms with Crippen LogP contribution in [0.4, 0.5) is 4.39 Å². The van der Waals surface area contributed by atoms with Crippen molar-refractivity contribution in [2.24, 2.45) is 0 Å². The van der Waals surface area contributed by atoms with Crippen molar-refractivity contribution < 1.29 is 17.9 Å². The molecular formula is C12H16FNO3S. The van der Waals surface area contributed by atoms with Crippen LogP contribution in [0.5, 0.6) is 5.75 Å². The van der Waals surface area contributed by atoms with Crippen molar-refractivity contribution in [3.05, 3.63) is 29.6 Å². The SMILES string of the molecule is CC1(NCc2cc(O)cc(F)c2)CCS(=O)(=O)C1. The summed E-state index contributed by atoms with van der Waals surface area (Å²) in [5.41, 5.74) is 0.124. The lowest BCUT2D eigenvalue weighted by atomic mass is 10.0. The molecule has 100 valence electrons. The first-order valence-corrected chi connectivity index (χ1v) is 7.54. The lowest BCUT2D eigenvalue weighted by molar-refractivity contribution is 0.394. The number of rotatable bonds is 3. The Hall–Kier alpha value is -1.14. The number of phenolic OH excluding ortho intramolecular Hbond substituents is 1. The van der Waals surface area contributed by atoms with Crippen LogP contribution in [0.3, 0.4) is 0 Å². The fraction of sp³-hybridized carbons (Fsp3) is 0.500. The molecule has 2 rings (SSSR count). The molecule has 1 aromatic rings. The largest absolute Gasteiger partial charge is 0.508 e. The van der Waals surface area contributed by atoms with E-state index in [2.05, 4.69) is 5.32 Å². The quantitative estimate of drug-likeness (QED) is 0.868. The Bertz CT molecular complexity index is 538. The monoisotopic (exact) mass is 273 g/mol. The molecule has 0 saturated carbocycles. The normalized spacial score (nSPS) is 26.3. The van der Waals surface area contributed by atoms with Gasteiger partial charge < -0.3 is 10.4 Å². The second-order valence-electron chi connectivity index (χ2n) is 5.07. The van der Waals surface area contributed by atoms with Crippen LogP contribution in [0.2, 0.25) is 0 Å². The van der Waals surface area contributed by atoms with E-state index in [0.29, 0.717) is 18.5 Å². The van der Waals surface area contributed by atoms with Gasteiger partial charge in [-0.2, -0.15) is 0 Å². The molecular weight excluding hydrogens is 257 g/mol. The van der Waals surface area contributed by atoms with Crippen molar-refractivity contribution in [1.82, 2.24) is 5.32 Å². The van der Waals surface area contributed by atoms with Gasteiger partial charge in [-0.1, -0.05) is 0 Å². The van der Waals surface area contributed by atoms with Gasteiger partial charge in [0.2, 0.25) is 0 Å². The molecule has 1 fully saturated rings. The topological polar surface area (TPSA) is 66.4 Å². The molecule has 1 saturated heterocycles. The zero-order valence-corrected chi connectivity index (χ0v) is 10.9. The Morgan fingerprint density at radius 1 is 1.44 bits per heavy atom. The van der Waals surface area contributed by atoms with Crippen molar-refractivity contribution in [2.45, 2.75) is 25.4 Å².